The van der Waals surface area contributed by atoms with Crippen LogP contribution in [0.5, 0.6) is 0 Å². The Balaban J connectivity index is 1.21. The van der Waals surface area contributed by atoms with E-state index in [1.54, 1.807) is 11.1 Å². The number of thiazole rings is 1. The van der Waals surface area contributed by atoms with Crippen molar-refractivity contribution < 1.29 is 27.9 Å². The summed E-state index contributed by atoms with van der Waals surface area (Å²) in [5, 5.41) is 18.0. The number of alkyl halides is 3. The van der Waals surface area contributed by atoms with Crippen LogP contribution in [0.15, 0.2) is 30.5 Å². The Labute approximate surface area is 205 Å². The van der Waals surface area contributed by atoms with Crippen molar-refractivity contribution in [3.63, 3.8) is 0 Å². The third-order valence-corrected chi connectivity index (χ3v) is 7.86. The van der Waals surface area contributed by atoms with Gasteiger partial charge in [0.05, 0.1) is 22.0 Å². The summed E-state index contributed by atoms with van der Waals surface area (Å²) in [4.78, 5) is 31.6. The number of amides is 2. The second-order valence-corrected chi connectivity index (χ2v) is 10.5. The van der Waals surface area contributed by atoms with Gasteiger partial charge in [-0.05, 0) is 57.2 Å². The molecule has 7 nitrogen and oxygen atoms in total. The number of aliphatic hydroxyl groups is 1. The second kappa shape index (κ2) is 10.2. The summed E-state index contributed by atoms with van der Waals surface area (Å²) in [6, 6.07) is 4.50. The lowest BCUT2D eigenvalue weighted by atomic mass is 9.81. The third kappa shape index (κ3) is 6.20. The first-order valence-electron chi connectivity index (χ1n) is 11.7. The van der Waals surface area contributed by atoms with Crippen LogP contribution in [-0.2, 0) is 16.6 Å². The second-order valence-electron chi connectivity index (χ2n) is 9.30. The first-order chi connectivity index (χ1) is 16.5. The number of nitrogens with one attached hydrogen (secondary N) is 2. The van der Waals surface area contributed by atoms with Crippen molar-refractivity contribution in [1.82, 2.24) is 20.5 Å². The van der Waals surface area contributed by atoms with Crippen molar-refractivity contribution in [3.8, 4) is 0 Å². The van der Waals surface area contributed by atoms with Crippen molar-refractivity contribution in [2.75, 3.05) is 19.6 Å². The molecule has 0 bridgehead atoms. The molecule has 4 rings (SSSR count). The molecule has 11 heteroatoms. The maximum atomic E-state index is 12.9. The molecule has 1 atom stereocenters. The number of hydrogen-bond donors (Lipinski definition) is 3. The van der Waals surface area contributed by atoms with Gasteiger partial charge in [-0.3, -0.25) is 9.59 Å². The van der Waals surface area contributed by atoms with Gasteiger partial charge in [-0.2, -0.15) is 13.2 Å². The number of benzene rings is 1. The van der Waals surface area contributed by atoms with Gasteiger partial charge in [0, 0.05) is 36.9 Å². The van der Waals surface area contributed by atoms with Gasteiger partial charge in [0.2, 0.25) is 5.91 Å². The van der Waals surface area contributed by atoms with Crippen molar-refractivity contribution in [3.05, 3.63) is 51.5 Å². The van der Waals surface area contributed by atoms with Gasteiger partial charge in [-0.15, -0.1) is 11.3 Å². The van der Waals surface area contributed by atoms with Crippen molar-refractivity contribution in [2.24, 2.45) is 0 Å². The Morgan fingerprint density at radius 3 is 2.63 bits per heavy atom. The number of nitrogens with zero attached hydrogens (tertiary/aromatic N) is 2. The summed E-state index contributed by atoms with van der Waals surface area (Å²) in [6.45, 7) is 2.71. The SMILES string of the molecule is Cc1ncc(C2(O)CCC(N[C@H]3CCN(C(=O)CNC(=O)c4cccc(C(F)(F)F)c4)C3)CC2)s1. The average Bonchev–Trinajstić information content (AvgIpc) is 3.48. The summed E-state index contributed by atoms with van der Waals surface area (Å²) in [5.74, 6) is -0.989. The van der Waals surface area contributed by atoms with Crippen LogP contribution in [0.4, 0.5) is 13.2 Å². The van der Waals surface area contributed by atoms with Crippen LogP contribution in [0.2, 0.25) is 0 Å². The number of carbonyl (C=O) groups is 2. The van der Waals surface area contributed by atoms with E-state index in [9.17, 15) is 27.9 Å². The number of likely N-dealkylation sites (tertiary alicyclic amines) is 1. The zero-order valence-electron chi connectivity index (χ0n) is 19.4. The van der Waals surface area contributed by atoms with E-state index < -0.39 is 23.2 Å². The number of carbonyl (C=O) groups excluding carboxylic acids is 2. The molecular formula is C24H29F3N4O3S. The molecule has 3 N–H and O–H groups in total. The fraction of sp³-hybridized carbons (Fsp3) is 0.542. The highest BCUT2D eigenvalue weighted by Crippen LogP contribution is 2.39. The highest BCUT2D eigenvalue weighted by Gasteiger charge is 2.37. The Morgan fingerprint density at radius 2 is 1.97 bits per heavy atom. The van der Waals surface area contributed by atoms with Crippen LogP contribution < -0.4 is 10.6 Å². The van der Waals surface area contributed by atoms with E-state index in [0.29, 0.717) is 25.9 Å². The predicted molar refractivity (Wildman–Crippen MR) is 125 cm³/mol. The van der Waals surface area contributed by atoms with Crippen LogP contribution in [0.3, 0.4) is 0 Å². The zero-order valence-corrected chi connectivity index (χ0v) is 20.2. The summed E-state index contributed by atoms with van der Waals surface area (Å²) >= 11 is 1.53. The minimum absolute atomic E-state index is 0.125. The number of aromatic nitrogens is 1. The van der Waals surface area contributed by atoms with Gasteiger partial charge in [-0.1, -0.05) is 6.07 Å². The molecule has 1 aliphatic carbocycles. The van der Waals surface area contributed by atoms with Crippen LogP contribution >= 0.6 is 11.3 Å². The van der Waals surface area contributed by atoms with Gasteiger partial charge in [-0.25, -0.2) is 4.98 Å². The predicted octanol–water partition coefficient (Wildman–Crippen LogP) is 3.22. The van der Waals surface area contributed by atoms with Crippen LogP contribution in [0, 0.1) is 6.92 Å². The topological polar surface area (TPSA) is 94.6 Å². The van der Waals surface area contributed by atoms with E-state index in [2.05, 4.69) is 15.6 Å². The molecule has 1 aliphatic heterocycles. The zero-order chi connectivity index (χ0) is 25.2. The van der Waals surface area contributed by atoms with E-state index in [4.69, 9.17) is 0 Å². The largest absolute Gasteiger partial charge is 0.416 e. The van der Waals surface area contributed by atoms with E-state index in [-0.39, 0.29) is 30.1 Å². The molecule has 2 fully saturated rings. The summed E-state index contributed by atoms with van der Waals surface area (Å²) in [5.41, 5.74) is -1.87. The number of halogens is 3. The van der Waals surface area contributed by atoms with Crippen molar-refractivity contribution >= 4 is 23.2 Å². The van der Waals surface area contributed by atoms with E-state index in [0.717, 1.165) is 41.3 Å². The molecule has 0 unspecified atom stereocenters. The monoisotopic (exact) mass is 510 g/mol. The molecule has 35 heavy (non-hydrogen) atoms. The molecular weight excluding hydrogens is 481 g/mol. The van der Waals surface area contributed by atoms with Crippen LogP contribution in [-0.4, -0.2) is 58.5 Å². The smallest absolute Gasteiger partial charge is 0.384 e. The fourth-order valence-corrected chi connectivity index (χ4v) is 5.67. The standard InChI is InChI=1S/C24H29F3N4O3S/c1-15-28-12-20(35-15)23(34)8-5-18(6-9-23)30-19-7-10-31(14-19)21(32)13-29-22(33)16-3-2-4-17(11-16)24(25,26)27/h2-4,11-12,18-19,30,34H,5-10,13-14H2,1H3,(H,29,33)/t18?,19-,23?/m0/s1. The lowest BCUT2D eigenvalue weighted by molar-refractivity contribution is -0.137. The Hall–Kier alpha value is -2.50. The molecule has 2 amide bonds. The summed E-state index contributed by atoms with van der Waals surface area (Å²) in [7, 11) is 0. The highest BCUT2D eigenvalue weighted by molar-refractivity contribution is 7.11. The molecule has 1 aromatic heterocycles. The molecule has 0 spiro atoms. The molecule has 190 valence electrons. The molecule has 1 saturated heterocycles. The average molecular weight is 511 g/mol. The van der Waals surface area contributed by atoms with Crippen molar-refractivity contribution in [2.45, 2.75) is 62.9 Å². The summed E-state index contributed by atoms with van der Waals surface area (Å²) in [6.07, 6.45) is 0.964. The lowest BCUT2D eigenvalue weighted by Gasteiger charge is -2.36. The first kappa shape index (κ1) is 25.6. The Morgan fingerprint density at radius 1 is 1.23 bits per heavy atom. The molecule has 0 radical (unpaired) electrons. The van der Waals surface area contributed by atoms with Gasteiger partial charge in [0.25, 0.3) is 5.91 Å². The van der Waals surface area contributed by atoms with Gasteiger partial charge >= 0.3 is 6.18 Å². The number of hydrogen-bond acceptors (Lipinski definition) is 6. The quantitative estimate of drug-likeness (QED) is 0.555. The Bertz CT molecular complexity index is 1070. The van der Waals surface area contributed by atoms with Gasteiger partial charge in [0.15, 0.2) is 0 Å². The summed E-state index contributed by atoms with van der Waals surface area (Å²) < 4.78 is 38.6. The third-order valence-electron chi connectivity index (χ3n) is 6.76. The van der Waals surface area contributed by atoms with E-state index >= 15 is 0 Å². The number of aryl methyl sites for hydroxylation is 1. The highest BCUT2D eigenvalue weighted by atomic mass is 32.1. The minimum Gasteiger partial charge on any atom is -0.384 e. The molecule has 1 saturated carbocycles. The van der Waals surface area contributed by atoms with Crippen molar-refractivity contribution in [1.29, 1.82) is 0 Å². The molecule has 1 aromatic carbocycles. The first-order valence-corrected chi connectivity index (χ1v) is 12.5. The lowest BCUT2D eigenvalue weighted by Crippen LogP contribution is -2.46. The van der Waals surface area contributed by atoms with Crippen LogP contribution in [0.1, 0.15) is 57.9 Å². The normalized spacial score (nSPS) is 25.0. The Kier molecular flexibility index (Phi) is 7.48. The molecule has 2 aromatic rings. The van der Waals surface area contributed by atoms with E-state index in [1.165, 1.54) is 23.5 Å². The fourth-order valence-electron chi connectivity index (χ4n) is 4.75. The van der Waals surface area contributed by atoms with E-state index in [1.807, 2.05) is 6.92 Å². The van der Waals surface area contributed by atoms with Crippen LogP contribution in [0.25, 0.3) is 0 Å². The maximum Gasteiger partial charge on any atom is 0.416 e. The maximum absolute atomic E-state index is 12.9. The number of rotatable bonds is 6. The molecule has 2 aliphatic rings. The minimum atomic E-state index is -4.54. The van der Waals surface area contributed by atoms with Gasteiger partial charge in [0.1, 0.15) is 5.60 Å². The molecule has 2 heterocycles. The van der Waals surface area contributed by atoms with Gasteiger partial charge < -0.3 is 20.6 Å².